The van der Waals surface area contributed by atoms with E-state index in [4.69, 9.17) is 5.11 Å². The number of rotatable bonds is 5. The zero-order chi connectivity index (χ0) is 16.3. The highest BCUT2D eigenvalue weighted by atomic mass is 16.4. The quantitative estimate of drug-likeness (QED) is 0.810. The van der Waals surface area contributed by atoms with Crippen LogP contribution in [0.1, 0.15) is 28.7 Å². The van der Waals surface area contributed by atoms with E-state index in [0.717, 1.165) is 17.8 Å². The Kier molecular flexibility index (Phi) is 4.40. The molecule has 0 unspecified atom stereocenters. The average molecular weight is 303 g/mol. The molecule has 8 nitrogen and oxygen atoms in total. The van der Waals surface area contributed by atoms with Crippen molar-refractivity contribution in [3.8, 4) is 0 Å². The number of anilines is 1. The van der Waals surface area contributed by atoms with Crippen LogP contribution < -0.4 is 5.32 Å². The summed E-state index contributed by atoms with van der Waals surface area (Å²) >= 11 is 0. The molecule has 2 rings (SSSR count). The van der Waals surface area contributed by atoms with E-state index in [1.165, 1.54) is 17.0 Å². The van der Waals surface area contributed by atoms with Gasteiger partial charge in [-0.2, -0.15) is 10.2 Å². The molecular formula is C14H17N5O3. The van der Waals surface area contributed by atoms with Crippen LogP contribution >= 0.6 is 0 Å². The van der Waals surface area contributed by atoms with Gasteiger partial charge in [0.1, 0.15) is 0 Å². The average Bonchev–Trinajstić information content (AvgIpc) is 2.99. The molecule has 2 heterocycles. The molecule has 2 aromatic rings. The Labute approximate surface area is 127 Å². The standard InChI is InChI=1S/C14H17N5O3/c1-4-19-9(2)10(7-15-19)5-6-12(20)16-11-8-18(3)17-13(11)14(21)22/h5-8H,4H2,1-3H3,(H,16,20)(H,21,22). The van der Waals surface area contributed by atoms with E-state index in [2.05, 4.69) is 15.5 Å². The molecule has 0 aliphatic heterocycles. The Bertz CT molecular complexity index is 742. The van der Waals surface area contributed by atoms with Crippen molar-refractivity contribution in [2.45, 2.75) is 20.4 Å². The number of carboxylic acid groups (broad SMARTS) is 1. The van der Waals surface area contributed by atoms with Gasteiger partial charge in [0.25, 0.3) is 0 Å². The van der Waals surface area contributed by atoms with Gasteiger partial charge >= 0.3 is 5.97 Å². The van der Waals surface area contributed by atoms with E-state index in [1.807, 2.05) is 18.5 Å². The lowest BCUT2D eigenvalue weighted by Crippen LogP contribution is -2.11. The fourth-order valence-electron chi connectivity index (χ4n) is 2.02. The molecular weight excluding hydrogens is 286 g/mol. The summed E-state index contributed by atoms with van der Waals surface area (Å²) in [5.41, 5.74) is 1.76. The van der Waals surface area contributed by atoms with Gasteiger partial charge in [-0.1, -0.05) is 0 Å². The topological polar surface area (TPSA) is 102 Å². The normalized spacial score (nSPS) is 11.0. The summed E-state index contributed by atoms with van der Waals surface area (Å²) in [7, 11) is 1.58. The molecule has 0 aliphatic carbocycles. The van der Waals surface area contributed by atoms with Gasteiger partial charge in [0.15, 0.2) is 5.69 Å². The van der Waals surface area contributed by atoms with Crippen molar-refractivity contribution >= 4 is 23.6 Å². The van der Waals surface area contributed by atoms with E-state index in [9.17, 15) is 9.59 Å². The lowest BCUT2D eigenvalue weighted by molar-refractivity contribution is -0.111. The molecule has 0 radical (unpaired) electrons. The van der Waals surface area contributed by atoms with E-state index >= 15 is 0 Å². The van der Waals surface area contributed by atoms with Crippen LogP contribution in [0.25, 0.3) is 6.08 Å². The third-order valence-electron chi connectivity index (χ3n) is 3.14. The van der Waals surface area contributed by atoms with E-state index in [0.29, 0.717) is 0 Å². The second-order valence-electron chi connectivity index (χ2n) is 4.69. The summed E-state index contributed by atoms with van der Waals surface area (Å²) in [6.45, 7) is 4.65. The third-order valence-corrected chi connectivity index (χ3v) is 3.14. The van der Waals surface area contributed by atoms with E-state index in [1.54, 1.807) is 19.3 Å². The predicted molar refractivity (Wildman–Crippen MR) is 80.5 cm³/mol. The van der Waals surface area contributed by atoms with Gasteiger partial charge in [0.05, 0.1) is 11.9 Å². The number of aromatic carboxylic acids is 1. The molecule has 0 aliphatic rings. The maximum atomic E-state index is 11.9. The van der Waals surface area contributed by atoms with Crippen molar-refractivity contribution in [1.82, 2.24) is 19.6 Å². The van der Waals surface area contributed by atoms with Crippen molar-refractivity contribution in [1.29, 1.82) is 0 Å². The minimum Gasteiger partial charge on any atom is -0.476 e. The molecule has 0 aromatic carbocycles. The molecule has 2 N–H and O–H groups in total. The number of nitrogens with zero attached hydrogens (tertiary/aromatic N) is 4. The zero-order valence-electron chi connectivity index (χ0n) is 12.6. The SMILES string of the molecule is CCn1ncc(C=CC(=O)Nc2cn(C)nc2C(=O)O)c1C. The molecule has 0 fully saturated rings. The van der Waals surface area contributed by atoms with Crippen LogP contribution in [-0.4, -0.2) is 36.5 Å². The molecule has 22 heavy (non-hydrogen) atoms. The number of aromatic nitrogens is 4. The Balaban J connectivity index is 2.11. The van der Waals surface area contributed by atoms with Crippen LogP contribution in [-0.2, 0) is 18.4 Å². The third kappa shape index (κ3) is 3.22. The van der Waals surface area contributed by atoms with Crippen molar-refractivity contribution in [2.75, 3.05) is 5.32 Å². The van der Waals surface area contributed by atoms with Crippen molar-refractivity contribution in [2.24, 2.45) is 7.05 Å². The Morgan fingerprint density at radius 2 is 2.18 bits per heavy atom. The van der Waals surface area contributed by atoms with Gasteiger partial charge in [-0.15, -0.1) is 0 Å². The number of carbonyl (C=O) groups excluding carboxylic acids is 1. The molecule has 0 bridgehead atoms. The van der Waals surface area contributed by atoms with Gasteiger partial charge in [-0.05, 0) is 19.9 Å². The van der Waals surface area contributed by atoms with Crippen LogP contribution in [0.4, 0.5) is 5.69 Å². The first-order valence-electron chi connectivity index (χ1n) is 6.70. The first kappa shape index (κ1) is 15.5. The van der Waals surface area contributed by atoms with Gasteiger partial charge in [-0.3, -0.25) is 14.2 Å². The van der Waals surface area contributed by atoms with Gasteiger partial charge in [0, 0.05) is 37.1 Å². The largest absolute Gasteiger partial charge is 0.476 e. The van der Waals surface area contributed by atoms with Gasteiger partial charge in [0.2, 0.25) is 5.91 Å². The Morgan fingerprint density at radius 3 is 2.77 bits per heavy atom. The molecule has 116 valence electrons. The maximum Gasteiger partial charge on any atom is 0.358 e. The lowest BCUT2D eigenvalue weighted by atomic mass is 10.2. The monoisotopic (exact) mass is 303 g/mol. The molecule has 0 saturated heterocycles. The molecule has 0 saturated carbocycles. The number of hydrogen-bond donors (Lipinski definition) is 2. The summed E-state index contributed by atoms with van der Waals surface area (Å²) in [5, 5.41) is 19.5. The first-order valence-corrected chi connectivity index (χ1v) is 6.70. The lowest BCUT2D eigenvalue weighted by Gasteiger charge is -2.00. The Hall–Kier alpha value is -2.90. The van der Waals surface area contributed by atoms with Crippen LogP contribution in [0.5, 0.6) is 0 Å². The van der Waals surface area contributed by atoms with Crippen LogP contribution in [0.15, 0.2) is 18.5 Å². The van der Waals surface area contributed by atoms with Gasteiger partial charge in [-0.25, -0.2) is 4.79 Å². The predicted octanol–water partition coefficient (Wildman–Crippen LogP) is 1.30. The van der Waals surface area contributed by atoms with Crippen LogP contribution in [0, 0.1) is 6.92 Å². The number of carboxylic acids is 1. The highest BCUT2D eigenvalue weighted by molar-refractivity contribution is 6.05. The number of carbonyl (C=O) groups is 2. The summed E-state index contributed by atoms with van der Waals surface area (Å²) < 4.78 is 3.15. The summed E-state index contributed by atoms with van der Waals surface area (Å²) in [6.07, 6.45) is 6.09. The molecule has 0 spiro atoms. The smallest absolute Gasteiger partial charge is 0.358 e. The molecule has 1 amide bonds. The Morgan fingerprint density at radius 1 is 1.45 bits per heavy atom. The second-order valence-corrected chi connectivity index (χ2v) is 4.69. The van der Waals surface area contributed by atoms with E-state index in [-0.39, 0.29) is 11.4 Å². The zero-order valence-corrected chi connectivity index (χ0v) is 12.6. The molecule has 8 heteroatoms. The van der Waals surface area contributed by atoms with Gasteiger partial charge < -0.3 is 10.4 Å². The fraction of sp³-hybridized carbons (Fsp3) is 0.286. The van der Waals surface area contributed by atoms with Crippen molar-refractivity contribution in [3.63, 3.8) is 0 Å². The highest BCUT2D eigenvalue weighted by Crippen LogP contribution is 2.14. The van der Waals surface area contributed by atoms with Crippen LogP contribution in [0.3, 0.4) is 0 Å². The number of aryl methyl sites for hydroxylation is 2. The first-order chi connectivity index (χ1) is 10.4. The van der Waals surface area contributed by atoms with Crippen molar-refractivity contribution < 1.29 is 14.7 Å². The summed E-state index contributed by atoms with van der Waals surface area (Å²) in [6, 6.07) is 0. The maximum absolute atomic E-state index is 11.9. The highest BCUT2D eigenvalue weighted by Gasteiger charge is 2.16. The second kappa shape index (κ2) is 6.25. The number of amides is 1. The molecule has 2 aromatic heterocycles. The van der Waals surface area contributed by atoms with Crippen molar-refractivity contribution in [3.05, 3.63) is 35.4 Å². The number of nitrogens with one attached hydrogen (secondary N) is 1. The van der Waals surface area contributed by atoms with E-state index < -0.39 is 11.9 Å². The summed E-state index contributed by atoms with van der Waals surface area (Å²) in [4.78, 5) is 22.9. The minimum absolute atomic E-state index is 0.158. The minimum atomic E-state index is -1.19. The van der Waals surface area contributed by atoms with Crippen LogP contribution in [0.2, 0.25) is 0 Å². The summed E-state index contributed by atoms with van der Waals surface area (Å²) in [5.74, 6) is -1.63. The number of hydrogen-bond acceptors (Lipinski definition) is 4. The fourth-order valence-corrected chi connectivity index (χ4v) is 2.02. The molecule has 0 atom stereocenters.